The zero-order chi connectivity index (χ0) is 18.0. The van der Waals surface area contributed by atoms with Crippen LogP contribution in [-0.4, -0.2) is 28.5 Å². The number of aromatic nitrogens is 2. The third-order valence-corrected chi connectivity index (χ3v) is 3.79. The minimum atomic E-state index is -4.54. The molecular formula is C16H12F3N5O. The number of anilines is 2. The van der Waals surface area contributed by atoms with E-state index in [9.17, 15) is 18.0 Å². The number of para-hydroxylation sites is 1. The molecule has 25 heavy (non-hydrogen) atoms. The van der Waals surface area contributed by atoms with Crippen LogP contribution in [0.25, 0.3) is 0 Å². The Balaban J connectivity index is 1.79. The molecule has 2 aromatic rings. The van der Waals surface area contributed by atoms with E-state index in [1.54, 1.807) is 0 Å². The molecule has 128 valence electrons. The van der Waals surface area contributed by atoms with Crippen molar-refractivity contribution in [3.8, 4) is 6.07 Å². The molecule has 0 bridgehead atoms. The van der Waals surface area contributed by atoms with Gasteiger partial charge in [-0.3, -0.25) is 4.79 Å². The molecule has 6 nitrogen and oxygen atoms in total. The number of nitriles is 1. The van der Waals surface area contributed by atoms with Crippen LogP contribution in [0.1, 0.15) is 17.7 Å². The van der Waals surface area contributed by atoms with Crippen LogP contribution in [0.3, 0.4) is 0 Å². The van der Waals surface area contributed by atoms with E-state index in [0.717, 1.165) is 11.0 Å². The van der Waals surface area contributed by atoms with E-state index in [4.69, 9.17) is 5.26 Å². The lowest BCUT2D eigenvalue weighted by Crippen LogP contribution is -2.34. The number of rotatable bonds is 3. The Hall–Kier alpha value is -3.15. The summed E-state index contributed by atoms with van der Waals surface area (Å²) < 4.78 is 39.4. The Kier molecular flexibility index (Phi) is 4.27. The fourth-order valence-electron chi connectivity index (χ4n) is 2.64. The van der Waals surface area contributed by atoms with Crippen molar-refractivity contribution < 1.29 is 18.0 Å². The first-order valence-electron chi connectivity index (χ1n) is 7.36. The number of benzene rings is 1. The molecular weight excluding hydrogens is 335 g/mol. The van der Waals surface area contributed by atoms with Gasteiger partial charge >= 0.3 is 6.18 Å². The molecule has 0 radical (unpaired) electrons. The lowest BCUT2D eigenvalue weighted by molar-refractivity contribution is -0.137. The predicted molar refractivity (Wildman–Crippen MR) is 82.6 cm³/mol. The smallest absolute Gasteiger partial charge is 0.357 e. The van der Waals surface area contributed by atoms with E-state index in [0.29, 0.717) is 6.42 Å². The summed E-state index contributed by atoms with van der Waals surface area (Å²) in [6.45, 7) is 0.160. The van der Waals surface area contributed by atoms with E-state index in [1.807, 2.05) is 6.07 Å². The van der Waals surface area contributed by atoms with Crippen molar-refractivity contribution in [1.82, 2.24) is 9.97 Å². The average Bonchev–Trinajstić information content (AvgIpc) is 2.95. The van der Waals surface area contributed by atoms with Crippen molar-refractivity contribution in [3.63, 3.8) is 0 Å². The molecule has 1 N–H and O–H groups in total. The summed E-state index contributed by atoms with van der Waals surface area (Å²) in [5, 5.41) is 11.5. The topological polar surface area (TPSA) is 81.9 Å². The van der Waals surface area contributed by atoms with Gasteiger partial charge in [-0.05, 0) is 18.6 Å². The van der Waals surface area contributed by atoms with Gasteiger partial charge in [0.2, 0.25) is 5.91 Å². The number of hydrogen-bond donors (Lipinski definition) is 1. The Morgan fingerprint density at radius 2 is 2.00 bits per heavy atom. The lowest BCUT2D eigenvalue weighted by atomic mass is 10.1. The Labute approximate surface area is 140 Å². The highest BCUT2D eigenvalue weighted by atomic mass is 19.4. The number of nitrogens with zero attached hydrogens (tertiary/aromatic N) is 4. The molecule has 3 rings (SSSR count). The SMILES string of the molecule is N#Cc1cnc(N[C@H]2CCN(c3ccccc3C(F)(F)F)C2=O)cn1. The van der Waals surface area contributed by atoms with Crippen molar-refractivity contribution in [1.29, 1.82) is 5.26 Å². The summed E-state index contributed by atoms with van der Waals surface area (Å²) in [5.41, 5.74) is -0.874. The monoisotopic (exact) mass is 347 g/mol. The number of alkyl halides is 3. The number of amides is 1. The van der Waals surface area contributed by atoms with Gasteiger partial charge in [0.25, 0.3) is 0 Å². The van der Waals surface area contributed by atoms with E-state index in [2.05, 4.69) is 15.3 Å². The maximum atomic E-state index is 13.1. The molecule has 1 atom stereocenters. The maximum absolute atomic E-state index is 13.1. The summed E-state index contributed by atoms with van der Waals surface area (Å²) in [6.07, 6.45) is -1.66. The van der Waals surface area contributed by atoms with Crippen molar-refractivity contribution >= 4 is 17.4 Å². The van der Waals surface area contributed by atoms with Crippen molar-refractivity contribution in [2.45, 2.75) is 18.6 Å². The summed E-state index contributed by atoms with van der Waals surface area (Å²) in [4.78, 5) is 21.4. The molecule has 1 aromatic heterocycles. The third-order valence-electron chi connectivity index (χ3n) is 3.79. The molecule has 9 heteroatoms. The normalized spacial score (nSPS) is 17.4. The predicted octanol–water partition coefficient (Wildman–Crippen LogP) is 2.58. The number of halogens is 3. The minimum absolute atomic E-state index is 0.129. The molecule has 0 aliphatic carbocycles. The highest BCUT2D eigenvalue weighted by Gasteiger charge is 2.39. The molecule has 1 aromatic carbocycles. The molecule has 1 fully saturated rings. The second-order valence-corrected chi connectivity index (χ2v) is 5.39. The summed E-state index contributed by atoms with van der Waals surface area (Å²) in [6, 6.07) is 6.10. The molecule has 0 saturated carbocycles. The van der Waals surface area contributed by atoms with Crippen molar-refractivity contribution in [2.24, 2.45) is 0 Å². The summed E-state index contributed by atoms with van der Waals surface area (Å²) in [7, 11) is 0. The first-order chi connectivity index (χ1) is 11.9. The Morgan fingerprint density at radius 1 is 1.24 bits per heavy atom. The van der Waals surface area contributed by atoms with Crippen LogP contribution >= 0.6 is 0 Å². The van der Waals surface area contributed by atoms with E-state index >= 15 is 0 Å². The van der Waals surface area contributed by atoms with E-state index < -0.39 is 23.7 Å². The van der Waals surface area contributed by atoms with Gasteiger partial charge in [-0.15, -0.1) is 0 Å². The third kappa shape index (κ3) is 3.38. The van der Waals surface area contributed by atoms with Gasteiger partial charge < -0.3 is 10.2 Å². The van der Waals surface area contributed by atoms with Crippen molar-refractivity contribution in [3.05, 3.63) is 47.9 Å². The number of carbonyl (C=O) groups is 1. The molecule has 2 heterocycles. The van der Waals surface area contributed by atoms with Crippen LogP contribution in [-0.2, 0) is 11.0 Å². The average molecular weight is 347 g/mol. The Morgan fingerprint density at radius 3 is 2.64 bits per heavy atom. The quantitative estimate of drug-likeness (QED) is 0.923. The largest absolute Gasteiger partial charge is 0.418 e. The van der Waals surface area contributed by atoms with Crippen molar-refractivity contribution in [2.75, 3.05) is 16.8 Å². The van der Waals surface area contributed by atoms with Gasteiger partial charge in [0.1, 0.15) is 17.9 Å². The van der Waals surface area contributed by atoms with Gasteiger partial charge in [-0.2, -0.15) is 18.4 Å². The summed E-state index contributed by atoms with van der Waals surface area (Å²) in [5.74, 6) is -0.189. The lowest BCUT2D eigenvalue weighted by Gasteiger charge is -2.21. The van der Waals surface area contributed by atoms with Gasteiger partial charge in [0.15, 0.2) is 5.69 Å². The van der Waals surface area contributed by atoms with Gasteiger partial charge in [0.05, 0.1) is 23.6 Å². The van der Waals surface area contributed by atoms with Crippen LogP contribution in [0.4, 0.5) is 24.7 Å². The number of nitrogens with one attached hydrogen (secondary N) is 1. The van der Waals surface area contributed by atoms with Crippen LogP contribution in [0.5, 0.6) is 0 Å². The standard InChI is InChI=1S/C16H12F3N5O/c17-16(18,19)11-3-1-2-4-13(11)24-6-5-12(15(24)25)23-14-9-21-10(7-20)8-22-14/h1-4,8-9,12H,5-6H2,(H,22,23)/t12-/m0/s1. The maximum Gasteiger partial charge on any atom is 0.418 e. The molecule has 0 unspecified atom stereocenters. The van der Waals surface area contributed by atoms with Crippen LogP contribution in [0, 0.1) is 11.3 Å². The second kappa shape index (κ2) is 6.39. The summed E-state index contributed by atoms with van der Waals surface area (Å²) >= 11 is 0. The highest BCUT2D eigenvalue weighted by molar-refractivity contribution is 6.01. The molecule has 1 aliphatic rings. The second-order valence-electron chi connectivity index (χ2n) is 5.39. The first kappa shape index (κ1) is 16.7. The molecule has 1 saturated heterocycles. The van der Waals surface area contributed by atoms with Gasteiger partial charge in [0, 0.05) is 6.54 Å². The fourth-order valence-corrected chi connectivity index (χ4v) is 2.64. The first-order valence-corrected chi connectivity index (χ1v) is 7.36. The molecule has 1 amide bonds. The number of carbonyl (C=O) groups excluding carboxylic acids is 1. The van der Waals surface area contributed by atoms with Crippen LogP contribution in [0.15, 0.2) is 36.7 Å². The van der Waals surface area contributed by atoms with Crippen LogP contribution in [0.2, 0.25) is 0 Å². The minimum Gasteiger partial charge on any atom is -0.357 e. The van der Waals surface area contributed by atoms with Gasteiger partial charge in [-0.1, -0.05) is 12.1 Å². The zero-order valence-corrected chi connectivity index (χ0v) is 12.8. The number of hydrogen-bond acceptors (Lipinski definition) is 5. The molecule has 1 aliphatic heterocycles. The fraction of sp³-hybridized carbons (Fsp3) is 0.250. The van der Waals surface area contributed by atoms with Crippen LogP contribution < -0.4 is 10.2 Å². The zero-order valence-electron chi connectivity index (χ0n) is 12.8. The highest BCUT2D eigenvalue weighted by Crippen LogP contribution is 2.37. The van der Waals surface area contributed by atoms with E-state index in [1.165, 1.54) is 30.6 Å². The van der Waals surface area contributed by atoms with Gasteiger partial charge in [-0.25, -0.2) is 9.97 Å². The van der Waals surface area contributed by atoms with E-state index in [-0.39, 0.29) is 23.7 Å². The Bertz CT molecular complexity index is 829. The molecule has 0 spiro atoms.